The molecule has 1 saturated heterocycles. The first-order chi connectivity index (χ1) is 8.75. The van der Waals surface area contributed by atoms with Gasteiger partial charge in [0, 0.05) is 13.1 Å². The van der Waals surface area contributed by atoms with Crippen LogP contribution in [0.4, 0.5) is 0 Å². The molecule has 1 aliphatic rings. The van der Waals surface area contributed by atoms with E-state index in [-0.39, 0.29) is 17.3 Å². The third kappa shape index (κ3) is 2.79. The zero-order valence-corrected chi connectivity index (χ0v) is 12.7. The van der Waals surface area contributed by atoms with Crippen LogP contribution < -0.4 is 0 Å². The molecule has 5 nitrogen and oxygen atoms in total. The summed E-state index contributed by atoms with van der Waals surface area (Å²) in [5.74, 6) is -0.872. The van der Waals surface area contributed by atoms with E-state index in [1.54, 1.807) is 13.0 Å². The standard InChI is InChI=1S/C11H14ClNO4S2/c1-11(10(14)15)4-6-13(7-5-11)19(16,17)9-3-2-8(12)18-9/h2-3H,4-7H2,1H3,(H,14,15). The largest absolute Gasteiger partial charge is 0.481 e. The highest BCUT2D eigenvalue weighted by Gasteiger charge is 2.40. The summed E-state index contributed by atoms with van der Waals surface area (Å²) in [4.78, 5) is 11.1. The van der Waals surface area contributed by atoms with Crippen LogP contribution in [0.3, 0.4) is 0 Å². The van der Waals surface area contributed by atoms with Gasteiger partial charge in [-0.2, -0.15) is 4.31 Å². The van der Waals surface area contributed by atoms with E-state index < -0.39 is 21.4 Å². The van der Waals surface area contributed by atoms with Gasteiger partial charge in [0.1, 0.15) is 4.21 Å². The van der Waals surface area contributed by atoms with Crippen LogP contribution >= 0.6 is 22.9 Å². The SMILES string of the molecule is CC1(C(=O)O)CCN(S(=O)(=O)c2ccc(Cl)s2)CC1. The van der Waals surface area contributed by atoms with Crippen molar-refractivity contribution in [3.8, 4) is 0 Å². The van der Waals surface area contributed by atoms with E-state index in [1.165, 1.54) is 10.4 Å². The molecule has 0 radical (unpaired) electrons. The number of carbonyl (C=O) groups is 1. The van der Waals surface area contributed by atoms with Crippen LogP contribution in [0.1, 0.15) is 19.8 Å². The molecule has 0 saturated carbocycles. The zero-order chi connectivity index (χ0) is 14.3. The molecule has 1 N–H and O–H groups in total. The molecular weight excluding hydrogens is 310 g/mol. The Balaban J connectivity index is 2.16. The summed E-state index contributed by atoms with van der Waals surface area (Å²) >= 11 is 6.76. The number of piperidine rings is 1. The number of halogens is 1. The van der Waals surface area contributed by atoms with Crippen molar-refractivity contribution in [2.75, 3.05) is 13.1 Å². The number of hydrogen-bond acceptors (Lipinski definition) is 4. The topological polar surface area (TPSA) is 74.7 Å². The van der Waals surface area contributed by atoms with Gasteiger partial charge in [-0.05, 0) is 31.9 Å². The average molecular weight is 324 g/mol. The molecule has 1 aromatic heterocycles. The van der Waals surface area contributed by atoms with Crippen LogP contribution in [-0.4, -0.2) is 36.9 Å². The summed E-state index contributed by atoms with van der Waals surface area (Å²) < 4.78 is 26.6. The van der Waals surface area contributed by atoms with Crippen LogP contribution in [-0.2, 0) is 14.8 Å². The van der Waals surface area contributed by atoms with Crippen molar-refractivity contribution in [2.24, 2.45) is 5.41 Å². The lowest BCUT2D eigenvalue weighted by atomic mass is 9.81. The number of carboxylic acid groups (broad SMARTS) is 1. The summed E-state index contributed by atoms with van der Waals surface area (Å²) in [6.45, 7) is 2.10. The number of hydrogen-bond donors (Lipinski definition) is 1. The first-order valence-corrected chi connectivity index (χ1v) is 8.38. The quantitative estimate of drug-likeness (QED) is 0.926. The minimum absolute atomic E-state index is 0.205. The van der Waals surface area contributed by atoms with Crippen molar-refractivity contribution in [1.29, 1.82) is 0 Å². The molecule has 1 aliphatic heterocycles. The summed E-state index contributed by atoms with van der Waals surface area (Å²) in [5, 5.41) is 9.12. The second kappa shape index (κ2) is 5.05. The molecule has 0 amide bonds. The van der Waals surface area contributed by atoms with E-state index >= 15 is 0 Å². The maximum absolute atomic E-state index is 12.3. The van der Waals surface area contributed by atoms with Crippen LogP contribution in [0.5, 0.6) is 0 Å². The van der Waals surface area contributed by atoms with Gasteiger partial charge in [0.05, 0.1) is 9.75 Å². The summed E-state index contributed by atoms with van der Waals surface area (Å²) in [5.41, 5.74) is -0.834. The molecule has 0 bridgehead atoms. The molecule has 0 aliphatic carbocycles. The fraction of sp³-hybridized carbons (Fsp3) is 0.545. The highest BCUT2D eigenvalue weighted by atomic mass is 35.5. The molecule has 106 valence electrons. The van der Waals surface area contributed by atoms with Gasteiger partial charge in [-0.15, -0.1) is 11.3 Å². The molecule has 8 heteroatoms. The van der Waals surface area contributed by atoms with E-state index in [4.69, 9.17) is 16.7 Å². The minimum Gasteiger partial charge on any atom is -0.481 e. The molecule has 1 fully saturated rings. The maximum atomic E-state index is 12.3. The van der Waals surface area contributed by atoms with Gasteiger partial charge in [-0.25, -0.2) is 8.42 Å². The van der Waals surface area contributed by atoms with Gasteiger partial charge in [0.2, 0.25) is 0 Å². The monoisotopic (exact) mass is 323 g/mol. The van der Waals surface area contributed by atoms with Crippen LogP contribution in [0.15, 0.2) is 16.3 Å². The van der Waals surface area contributed by atoms with Crippen molar-refractivity contribution in [1.82, 2.24) is 4.31 Å². The number of thiophene rings is 1. The van der Waals surface area contributed by atoms with Gasteiger partial charge in [0.25, 0.3) is 10.0 Å². The lowest BCUT2D eigenvalue weighted by Crippen LogP contribution is -2.44. The fourth-order valence-electron chi connectivity index (χ4n) is 2.00. The van der Waals surface area contributed by atoms with Crippen LogP contribution in [0.2, 0.25) is 4.34 Å². The van der Waals surface area contributed by atoms with E-state index in [9.17, 15) is 13.2 Å². The molecule has 1 aromatic rings. The molecule has 0 unspecified atom stereocenters. The third-order valence-electron chi connectivity index (χ3n) is 3.48. The summed E-state index contributed by atoms with van der Waals surface area (Å²) in [7, 11) is -3.54. The molecule has 0 atom stereocenters. The van der Waals surface area contributed by atoms with Crippen molar-refractivity contribution >= 4 is 38.9 Å². The smallest absolute Gasteiger partial charge is 0.309 e. The summed E-state index contributed by atoms with van der Waals surface area (Å²) in [6.07, 6.45) is 0.640. The minimum atomic E-state index is -3.54. The van der Waals surface area contributed by atoms with Gasteiger partial charge in [-0.3, -0.25) is 4.79 Å². The Bertz CT molecular complexity index is 588. The van der Waals surface area contributed by atoms with E-state index in [0.717, 1.165) is 11.3 Å². The van der Waals surface area contributed by atoms with Gasteiger partial charge in [-0.1, -0.05) is 11.6 Å². The highest BCUT2D eigenvalue weighted by Crippen LogP contribution is 2.35. The number of rotatable bonds is 3. The molecular formula is C11H14ClNO4S2. The molecule has 2 heterocycles. The Hall–Kier alpha value is -0.630. The first-order valence-electron chi connectivity index (χ1n) is 5.75. The van der Waals surface area contributed by atoms with Crippen LogP contribution in [0.25, 0.3) is 0 Å². The van der Waals surface area contributed by atoms with Crippen LogP contribution in [0, 0.1) is 5.41 Å². The number of sulfonamides is 1. The first kappa shape index (κ1) is 14.8. The maximum Gasteiger partial charge on any atom is 0.309 e. The van der Waals surface area contributed by atoms with E-state index in [0.29, 0.717) is 17.2 Å². The highest BCUT2D eigenvalue weighted by molar-refractivity contribution is 7.91. The van der Waals surface area contributed by atoms with Gasteiger partial charge in [0.15, 0.2) is 0 Å². The normalized spacial score (nSPS) is 20.3. The van der Waals surface area contributed by atoms with E-state index in [1.807, 2.05) is 0 Å². The predicted molar refractivity (Wildman–Crippen MR) is 73.1 cm³/mol. The average Bonchev–Trinajstić information content (AvgIpc) is 2.77. The lowest BCUT2D eigenvalue weighted by molar-refractivity contribution is -0.150. The molecule has 0 spiro atoms. The zero-order valence-electron chi connectivity index (χ0n) is 10.3. The Labute approximate surface area is 120 Å². The lowest BCUT2D eigenvalue weighted by Gasteiger charge is -2.35. The Morgan fingerprint density at radius 2 is 2.00 bits per heavy atom. The van der Waals surface area contributed by atoms with Gasteiger partial charge >= 0.3 is 5.97 Å². The third-order valence-corrected chi connectivity index (χ3v) is 7.08. The predicted octanol–water partition coefficient (Wildman–Crippen LogP) is 2.28. The second-order valence-electron chi connectivity index (χ2n) is 4.83. The van der Waals surface area contributed by atoms with E-state index in [2.05, 4.69) is 0 Å². The van der Waals surface area contributed by atoms with Crippen molar-refractivity contribution in [3.63, 3.8) is 0 Å². The fourth-order valence-corrected chi connectivity index (χ4v) is 5.08. The van der Waals surface area contributed by atoms with Crippen molar-refractivity contribution < 1.29 is 18.3 Å². The van der Waals surface area contributed by atoms with Gasteiger partial charge < -0.3 is 5.11 Å². The molecule has 19 heavy (non-hydrogen) atoms. The molecule has 0 aromatic carbocycles. The van der Waals surface area contributed by atoms with Crippen molar-refractivity contribution in [2.45, 2.75) is 24.0 Å². The number of carboxylic acids is 1. The Morgan fingerprint density at radius 3 is 2.42 bits per heavy atom. The second-order valence-corrected chi connectivity index (χ2v) is 8.71. The Morgan fingerprint density at radius 1 is 1.42 bits per heavy atom. The Kier molecular flexibility index (Phi) is 3.92. The number of aliphatic carboxylic acids is 1. The molecule has 2 rings (SSSR count). The summed E-state index contributed by atoms with van der Waals surface area (Å²) in [6, 6.07) is 3.03. The number of nitrogens with zero attached hydrogens (tertiary/aromatic N) is 1. The van der Waals surface area contributed by atoms with Crippen molar-refractivity contribution in [3.05, 3.63) is 16.5 Å².